The average molecular weight is 480 g/mol. The van der Waals surface area contributed by atoms with E-state index in [-0.39, 0.29) is 23.3 Å². The summed E-state index contributed by atoms with van der Waals surface area (Å²) in [7, 11) is 0. The molecule has 1 heterocycles. The fourth-order valence-electron chi connectivity index (χ4n) is 2.93. The van der Waals surface area contributed by atoms with Gasteiger partial charge < -0.3 is 15.4 Å². The number of amides is 2. The number of hydrogen-bond donors (Lipinski definition) is 2. The normalized spacial score (nSPS) is 10.6. The maximum Gasteiger partial charge on any atom is 0.286 e. The highest BCUT2D eigenvalue weighted by molar-refractivity contribution is 7.13. The van der Waals surface area contributed by atoms with Crippen molar-refractivity contribution in [3.63, 3.8) is 0 Å². The van der Waals surface area contributed by atoms with Crippen LogP contribution in [0.4, 0.5) is 20.2 Å². The molecule has 2 amide bonds. The Morgan fingerprint density at radius 2 is 1.59 bits per heavy atom. The minimum atomic E-state index is -0.456. The smallest absolute Gasteiger partial charge is 0.286 e. The number of aryl methyl sites for hydroxylation is 1. The highest BCUT2D eigenvalue weighted by Gasteiger charge is 2.14. The highest BCUT2D eigenvalue weighted by Crippen LogP contribution is 2.20. The lowest BCUT2D eigenvalue weighted by atomic mass is 10.1. The number of rotatable bonds is 7. The van der Waals surface area contributed by atoms with Crippen molar-refractivity contribution in [3.8, 4) is 5.75 Å². The SMILES string of the molecule is Cc1cc(F)ccc1NC(=O)c1ccc(OCc2nnc(C(=O)Nc3ccc(F)cc3)s2)cc1. The molecule has 0 saturated carbocycles. The molecule has 0 aliphatic heterocycles. The second-order valence-corrected chi connectivity index (χ2v) is 8.25. The number of anilines is 2. The van der Waals surface area contributed by atoms with Crippen molar-refractivity contribution < 1.29 is 23.1 Å². The molecule has 34 heavy (non-hydrogen) atoms. The molecule has 4 rings (SSSR count). The number of carbonyl (C=O) groups excluding carboxylic acids is 2. The van der Waals surface area contributed by atoms with Gasteiger partial charge in [-0.3, -0.25) is 9.59 Å². The largest absolute Gasteiger partial charge is 0.486 e. The molecule has 0 unspecified atom stereocenters. The summed E-state index contributed by atoms with van der Waals surface area (Å²) in [4.78, 5) is 24.7. The Balaban J connectivity index is 1.31. The quantitative estimate of drug-likeness (QED) is 0.379. The number of nitrogens with one attached hydrogen (secondary N) is 2. The summed E-state index contributed by atoms with van der Waals surface area (Å²) in [5.74, 6) is -1.05. The Hall–Kier alpha value is -4.18. The predicted octanol–water partition coefficient (Wildman–Crippen LogP) is 5.21. The van der Waals surface area contributed by atoms with Crippen LogP contribution < -0.4 is 15.4 Å². The van der Waals surface area contributed by atoms with Crippen LogP contribution in [0.2, 0.25) is 0 Å². The van der Waals surface area contributed by atoms with Crippen molar-refractivity contribution in [2.24, 2.45) is 0 Å². The molecule has 10 heteroatoms. The number of hydrogen-bond acceptors (Lipinski definition) is 6. The fourth-order valence-corrected chi connectivity index (χ4v) is 3.58. The maximum atomic E-state index is 13.2. The van der Waals surface area contributed by atoms with Crippen LogP contribution >= 0.6 is 11.3 Å². The molecule has 0 saturated heterocycles. The molecule has 3 aromatic carbocycles. The van der Waals surface area contributed by atoms with Gasteiger partial charge in [0.25, 0.3) is 11.8 Å². The molecule has 172 valence electrons. The van der Waals surface area contributed by atoms with E-state index in [1.165, 1.54) is 42.5 Å². The lowest BCUT2D eigenvalue weighted by Gasteiger charge is -2.09. The summed E-state index contributed by atoms with van der Waals surface area (Å²) < 4.78 is 31.9. The van der Waals surface area contributed by atoms with Crippen LogP contribution in [0.15, 0.2) is 66.7 Å². The summed E-state index contributed by atoms with van der Waals surface area (Å²) >= 11 is 1.07. The van der Waals surface area contributed by atoms with Gasteiger partial charge in [0.05, 0.1) is 0 Å². The Morgan fingerprint density at radius 3 is 2.29 bits per heavy atom. The third-order valence-electron chi connectivity index (χ3n) is 4.68. The maximum absolute atomic E-state index is 13.2. The molecule has 1 aromatic heterocycles. The van der Waals surface area contributed by atoms with E-state index in [9.17, 15) is 18.4 Å². The van der Waals surface area contributed by atoms with Gasteiger partial charge in [-0.2, -0.15) is 0 Å². The van der Waals surface area contributed by atoms with E-state index in [1.54, 1.807) is 31.2 Å². The van der Waals surface area contributed by atoms with Crippen LogP contribution in [-0.2, 0) is 6.61 Å². The van der Waals surface area contributed by atoms with E-state index in [0.717, 1.165) is 11.3 Å². The van der Waals surface area contributed by atoms with Gasteiger partial charge in [0, 0.05) is 16.9 Å². The van der Waals surface area contributed by atoms with Crippen molar-refractivity contribution >= 4 is 34.5 Å². The number of halogens is 2. The second-order valence-electron chi connectivity index (χ2n) is 7.19. The minimum Gasteiger partial charge on any atom is -0.486 e. The third-order valence-corrected chi connectivity index (χ3v) is 5.57. The zero-order valence-electron chi connectivity index (χ0n) is 17.8. The van der Waals surface area contributed by atoms with E-state index < -0.39 is 11.7 Å². The summed E-state index contributed by atoms with van der Waals surface area (Å²) in [6.45, 7) is 1.79. The standard InChI is InChI=1S/C24H18F2N4O3S/c1-14-12-17(26)6-11-20(14)28-22(31)15-2-9-19(10-3-15)33-13-21-29-30-24(34-21)23(32)27-18-7-4-16(25)5-8-18/h2-12H,13H2,1H3,(H,27,32)(H,28,31). The molecule has 0 radical (unpaired) electrons. The van der Waals surface area contributed by atoms with Gasteiger partial charge in [-0.25, -0.2) is 8.78 Å². The summed E-state index contributed by atoms with van der Waals surface area (Å²) in [6.07, 6.45) is 0. The van der Waals surface area contributed by atoms with E-state index in [0.29, 0.717) is 33.3 Å². The molecule has 7 nitrogen and oxygen atoms in total. The highest BCUT2D eigenvalue weighted by atomic mass is 32.1. The average Bonchev–Trinajstić information content (AvgIpc) is 3.31. The first-order valence-electron chi connectivity index (χ1n) is 10.1. The first kappa shape index (κ1) is 23.0. The number of nitrogens with zero attached hydrogens (tertiary/aromatic N) is 2. The van der Waals surface area contributed by atoms with Gasteiger partial charge in [-0.15, -0.1) is 10.2 Å². The van der Waals surface area contributed by atoms with E-state index in [2.05, 4.69) is 20.8 Å². The molecule has 2 N–H and O–H groups in total. The van der Waals surface area contributed by atoms with Crippen LogP contribution in [-0.4, -0.2) is 22.0 Å². The van der Waals surface area contributed by atoms with E-state index in [1.807, 2.05) is 0 Å². The van der Waals surface area contributed by atoms with Gasteiger partial charge >= 0.3 is 0 Å². The van der Waals surface area contributed by atoms with Gasteiger partial charge in [-0.1, -0.05) is 11.3 Å². The zero-order chi connectivity index (χ0) is 24.1. The first-order chi connectivity index (χ1) is 16.4. The van der Waals surface area contributed by atoms with Crippen LogP contribution in [0.25, 0.3) is 0 Å². The van der Waals surface area contributed by atoms with Crippen molar-refractivity contribution in [2.75, 3.05) is 10.6 Å². The molecular formula is C24H18F2N4O3S. The number of benzene rings is 3. The first-order valence-corrected chi connectivity index (χ1v) is 10.9. The molecule has 0 fully saturated rings. The molecular weight excluding hydrogens is 462 g/mol. The molecule has 0 aliphatic carbocycles. The van der Waals surface area contributed by atoms with Crippen molar-refractivity contribution in [1.29, 1.82) is 0 Å². The molecule has 0 bridgehead atoms. The Labute approximate surface area is 197 Å². The third kappa shape index (κ3) is 5.78. The number of ether oxygens (including phenoxy) is 1. The molecule has 0 aliphatic rings. The fraction of sp³-hybridized carbons (Fsp3) is 0.0833. The Kier molecular flexibility index (Phi) is 6.88. The molecule has 0 spiro atoms. The Morgan fingerprint density at radius 1 is 0.882 bits per heavy atom. The van der Waals surface area contributed by atoms with Crippen molar-refractivity contribution in [1.82, 2.24) is 10.2 Å². The molecule has 0 atom stereocenters. The van der Waals surface area contributed by atoms with Crippen LogP contribution in [0.1, 0.15) is 30.7 Å². The van der Waals surface area contributed by atoms with E-state index >= 15 is 0 Å². The van der Waals surface area contributed by atoms with Gasteiger partial charge in [0.15, 0.2) is 5.01 Å². The lowest BCUT2D eigenvalue weighted by Crippen LogP contribution is -2.12. The number of carbonyl (C=O) groups is 2. The van der Waals surface area contributed by atoms with Crippen LogP contribution in [0, 0.1) is 18.6 Å². The zero-order valence-corrected chi connectivity index (χ0v) is 18.7. The van der Waals surface area contributed by atoms with Gasteiger partial charge in [0.1, 0.15) is 24.0 Å². The topological polar surface area (TPSA) is 93.2 Å². The van der Waals surface area contributed by atoms with E-state index in [4.69, 9.17) is 4.74 Å². The number of aromatic nitrogens is 2. The molecule has 4 aromatic rings. The van der Waals surface area contributed by atoms with Crippen molar-refractivity contribution in [3.05, 3.63) is 99.5 Å². The van der Waals surface area contributed by atoms with Crippen LogP contribution in [0.5, 0.6) is 5.75 Å². The monoisotopic (exact) mass is 480 g/mol. The minimum absolute atomic E-state index is 0.0851. The van der Waals surface area contributed by atoms with Crippen LogP contribution in [0.3, 0.4) is 0 Å². The second kappa shape index (κ2) is 10.2. The predicted molar refractivity (Wildman–Crippen MR) is 124 cm³/mol. The summed E-state index contributed by atoms with van der Waals surface area (Å²) in [5.41, 5.74) is 2.00. The summed E-state index contributed by atoms with van der Waals surface area (Å²) in [5, 5.41) is 13.8. The van der Waals surface area contributed by atoms with Gasteiger partial charge in [-0.05, 0) is 79.2 Å². The lowest BCUT2D eigenvalue weighted by molar-refractivity contribution is 0.101. The van der Waals surface area contributed by atoms with Gasteiger partial charge in [0.2, 0.25) is 5.01 Å². The Bertz CT molecular complexity index is 1330. The van der Waals surface area contributed by atoms with Crippen molar-refractivity contribution in [2.45, 2.75) is 13.5 Å². The summed E-state index contributed by atoms with van der Waals surface area (Å²) in [6, 6.07) is 16.0.